The molecule has 3 aromatic rings. The third-order valence-corrected chi connectivity index (χ3v) is 7.79. The molecule has 0 spiro atoms. The van der Waals surface area contributed by atoms with Gasteiger partial charge in [0.1, 0.15) is 22.9 Å². The molecule has 0 bridgehead atoms. The Labute approximate surface area is 226 Å². The molecule has 196 valence electrons. The molecule has 1 amide bonds. The minimum absolute atomic E-state index is 0.00745. The topological polar surface area (TPSA) is 92.9 Å². The average molecular weight is 530 g/mol. The summed E-state index contributed by atoms with van der Waals surface area (Å²) >= 11 is 1.23. The summed E-state index contributed by atoms with van der Waals surface area (Å²) in [5.41, 5.74) is 3.60. The number of aromatic nitrogens is 1. The monoisotopic (exact) mass is 529 g/mol. The predicted octanol–water partition coefficient (Wildman–Crippen LogP) is 6.20. The van der Waals surface area contributed by atoms with E-state index in [4.69, 9.17) is 4.74 Å². The Balaban J connectivity index is 1.49. The van der Waals surface area contributed by atoms with E-state index in [2.05, 4.69) is 10.3 Å². The molecule has 5 rings (SSSR count). The number of hydrogen-bond acceptors (Lipinski definition) is 6. The van der Waals surface area contributed by atoms with Gasteiger partial charge in [-0.05, 0) is 51.0 Å². The van der Waals surface area contributed by atoms with E-state index in [9.17, 15) is 14.7 Å². The number of esters is 1. The molecule has 38 heavy (non-hydrogen) atoms. The molecule has 1 aliphatic heterocycles. The van der Waals surface area contributed by atoms with E-state index in [1.165, 1.54) is 11.8 Å². The maximum atomic E-state index is 12.8. The Morgan fingerprint density at radius 3 is 2.63 bits per heavy atom. The molecule has 0 saturated heterocycles. The van der Waals surface area contributed by atoms with Gasteiger partial charge in [-0.1, -0.05) is 60.5 Å². The van der Waals surface area contributed by atoms with Gasteiger partial charge < -0.3 is 19.7 Å². The van der Waals surface area contributed by atoms with E-state index < -0.39 is 5.97 Å². The molecular weight excluding hydrogens is 498 g/mol. The Hall–Kier alpha value is -3.78. The number of amides is 1. The van der Waals surface area contributed by atoms with Crippen LogP contribution in [0.5, 0.6) is 0 Å². The van der Waals surface area contributed by atoms with Gasteiger partial charge in [0.15, 0.2) is 0 Å². The van der Waals surface area contributed by atoms with Gasteiger partial charge in [0.25, 0.3) is 0 Å². The summed E-state index contributed by atoms with van der Waals surface area (Å²) in [6.45, 7) is 4.12. The van der Waals surface area contributed by atoms with Crippen LogP contribution < -0.4 is 5.32 Å². The molecule has 1 aliphatic carbocycles. The zero-order chi connectivity index (χ0) is 26.6. The maximum absolute atomic E-state index is 12.8. The Morgan fingerprint density at radius 2 is 1.89 bits per heavy atom. The van der Waals surface area contributed by atoms with Crippen LogP contribution in [0.3, 0.4) is 0 Å². The van der Waals surface area contributed by atoms with Crippen molar-refractivity contribution in [2.75, 3.05) is 6.61 Å². The maximum Gasteiger partial charge on any atom is 0.344 e. The van der Waals surface area contributed by atoms with Crippen molar-refractivity contribution in [1.29, 1.82) is 0 Å². The number of hydrogen-bond donors (Lipinski definition) is 2. The Bertz CT molecular complexity index is 1460. The lowest BCUT2D eigenvalue weighted by atomic mass is 10.1. The quantitative estimate of drug-likeness (QED) is 0.356. The van der Waals surface area contributed by atoms with Crippen molar-refractivity contribution in [3.8, 4) is 0 Å². The number of carbonyl (C=O) groups excluding carboxylic acids is 2. The van der Waals surface area contributed by atoms with Crippen molar-refractivity contribution in [2.45, 2.75) is 52.1 Å². The molecule has 2 aliphatic rings. The summed E-state index contributed by atoms with van der Waals surface area (Å²) < 4.78 is 7.16. The molecular formula is C30H31N3O4S. The number of para-hydroxylation sites is 1. The lowest BCUT2D eigenvalue weighted by Crippen LogP contribution is -2.35. The minimum Gasteiger partial charge on any atom is -0.506 e. The molecule has 1 aromatic heterocycles. The first-order chi connectivity index (χ1) is 18.4. The number of aryl methyl sites for hydroxylation is 1. The second kappa shape index (κ2) is 11.3. The van der Waals surface area contributed by atoms with Crippen LogP contribution in [0.15, 0.2) is 76.0 Å². The first-order valence-electron chi connectivity index (χ1n) is 13.0. The summed E-state index contributed by atoms with van der Waals surface area (Å²) in [5, 5.41) is 15.6. The first kappa shape index (κ1) is 25.9. The van der Waals surface area contributed by atoms with Gasteiger partial charge in [-0.3, -0.25) is 4.79 Å². The highest BCUT2D eigenvalue weighted by Crippen LogP contribution is 2.41. The molecule has 1 fully saturated rings. The number of thioether (sulfide) groups is 1. The summed E-state index contributed by atoms with van der Waals surface area (Å²) in [5.74, 6) is -0.778. The third kappa shape index (κ3) is 5.55. The lowest BCUT2D eigenvalue weighted by molar-refractivity contribution is -0.138. The first-order valence-corrected chi connectivity index (χ1v) is 13.8. The zero-order valence-electron chi connectivity index (χ0n) is 21.6. The van der Waals surface area contributed by atoms with Crippen LogP contribution in [-0.4, -0.2) is 39.2 Å². The van der Waals surface area contributed by atoms with Crippen molar-refractivity contribution >= 4 is 51.3 Å². The van der Waals surface area contributed by atoms with E-state index in [1.807, 2.05) is 72.3 Å². The summed E-state index contributed by atoms with van der Waals surface area (Å²) in [4.78, 5) is 30.7. The highest BCUT2D eigenvalue weighted by atomic mass is 32.2. The Morgan fingerprint density at radius 1 is 1.16 bits per heavy atom. The average Bonchev–Trinajstić information content (AvgIpc) is 3.60. The fourth-order valence-electron chi connectivity index (χ4n) is 4.89. The van der Waals surface area contributed by atoms with Crippen LogP contribution >= 0.6 is 11.8 Å². The number of benzene rings is 2. The number of rotatable bonds is 7. The molecule has 2 aromatic carbocycles. The molecule has 2 N–H and O–H groups in total. The second-order valence-corrected chi connectivity index (χ2v) is 10.6. The number of carbonyl (C=O) groups is 2. The molecule has 0 unspecified atom stereocenters. The summed E-state index contributed by atoms with van der Waals surface area (Å²) in [6.07, 6.45) is 8.14. The fraction of sp³-hybridized carbons (Fsp3) is 0.300. The largest absolute Gasteiger partial charge is 0.506 e. The van der Waals surface area contributed by atoms with Crippen LogP contribution in [0.1, 0.15) is 43.7 Å². The predicted molar refractivity (Wildman–Crippen MR) is 152 cm³/mol. The highest BCUT2D eigenvalue weighted by molar-refractivity contribution is 8.18. The standard InChI is InChI=1S/C30H31N3O4S/c1-3-37-30(36)27-28(35)25(38-29(27)32-22-14-12-19(2)13-15-22)16-20-17-33(24-11-7-6-10-23(20)24)18-26(34)31-21-8-4-5-9-21/h6-7,10-17,21,35H,3-5,8-9,18H2,1-2H3,(H,31,34)/b25-16-,32-29?. The highest BCUT2D eigenvalue weighted by Gasteiger charge is 2.33. The van der Waals surface area contributed by atoms with Gasteiger partial charge in [0.2, 0.25) is 5.91 Å². The van der Waals surface area contributed by atoms with E-state index in [0.29, 0.717) is 15.6 Å². The molecule has 8 heteroatoms. The number of aliphatic imine (C=N–C) groups is 1. The van der Waals surface area contributed by atoms with Gasteiger partial charge in [-0.15, -0.1) is 0 Å². The van der Waals surface area contributed by atoms with Crippen molar-refractivity contribution in [3.05, 3.63) is 82.1 Å². The Kier molecular flexibility index (Phi) is 7.69. The number of nitrogens with zero attached hydrogens (tertiary/aromatic N) is 2. The van der Waals surface area contributed by atoms with E-state index in [-0.39, 0.29) is 36.4 Å². The molecule has 1 saturated carbocycles. The summed E-state index contributed by atoms with van der Waals surface area (Å²) in [6, 6.07) is 15.7. The fourth-order valence-corrected chi connectivity index (χ4v) is 5.91. The van der Waals surface area contributed by atoms with Crippen molar-refractivity contribution in [3.63, 3.8) is 0 Å². The van der Waals surface area contributed by atoms with Gasteiger partial charge >= 0.3 is 5.97 Å². The number of ether oxygens (including phenoxy) is 1. The van der Waals surface area contributed by atoms with Crippen LogP contribution in [-0.2, 0) is 20.9 Å². The number of aliphatic hydroxyl groups excluding tert-OH is 1. The molecule has 0 radical (unpaired) electrons. The smallest absolute Gasteiger partial charge is 0.344 e. The minimum atomic E-state index is -0.613. The molecule has 0 atom stereocenters. The van der Waals surface area contributed by atoms with Crippen molar-refractivity contribution in [1.82, 2.24) is 9.88 Å². The summed E-state index contributed by atoms with van der Waals surface area (Å²) in [7, 11) is 0. The third-order valence-electron chi connectivity index (χ3n) is 6.78. The van der Waals surface area contributed by atoms with Crippen molar-refractivity contribution < 1.29 is 19.4 Å². The van der Waals surface area contributed by atoms with E-state index in [1.54, 1.807) is 6.92 Å². The molecule has 2 heterocycles. The number of fused-ring (bicyclic) bond motifs is 1. The lowest BCUT2D eigenvalue weighted by Gasteiger charge is -2.12. The van der Waals surface area contributed by atoms with E-state index >= 15 is 0 Å². The molecule has 7 nitrogen and oxygen atoms in total. The van der Waals surface area contributed by atoms with Gasteiger partial charge in [-0.2, -0.15) is 0 Å². The van der Waals surface area contributed by atoms with Crippen molar-refractivity contribution in [2.24, 2.45) is 4.99 Å². The number of nitrogens with one attached hydrogen (secondary N) is 1. The van der Waals surface area contributed by atoms with Crippen LogP contribution in [0.25, 0.3) is 17.0 Å². The van der Waals surface area contributed by atoms with Crippen LogP contribution in [0.4, 0.5) is 5.69 Å². The van der Waals surface area contributed by atoms with Gasteiger partial charge in [-0.25, -0.2) is 9.79 Å². The van der Waals surface area contributed by atoms with E-state index in [0.717, 1.165) is 47.7 Å². The van der Waals surface area contributed by atoms with Gasteiger partial charge in [0, 0.05) is 28.7 Å². The normalized spacial score (nSPS) is 18.2. The second-order valence-electron chi connectivity index (χ2n) is 9.59. The van der Waals surface area contributed by atoms with Crippen LogP contribution in [0, 0.1) is 6.92 Å². The van der Waals surface area contributed by atoms with Gasteiger partial charge in [0.05, 0.1) is 17.2 Å². The SMILES string of the molecule is CCOC(=O)C1=C(O)/C(=C/c2cn(CC(=O)NC3CCCC3)c3ccccc23)SC1=Nc1ccc(C)cc1. The zero-order valence-corrected chi connectivity index (χ0v) is 22.4. The van der Waals surface area contributed by atoms with Crippen LogP contribution in [0.2, 0.25) is 0 Å². The number of aliphatic hydroxyl groups is 1.